The molecule has 1 heterocycles. The third kappa shape index (κ3) is 2.95. The smallest absolute Gasteiger partial charge is 0.118 e. The average molecular weight is 297 g/mol. The van der Waals surface area contributed by atoms with Gasteiger partial charge in [0, 0.05) is 24.9 Å². The van der Waals surface area contributed by atoms with Crippen LogP contribution in [0.5, 0.6) is 11.5 Å². The highest BCUT2D eigenvalue weighted by molar-refractivity contribution is 5.36. The van der Waals surface area contributed by atoms with Crippen LogP contribution in [0, 0.1) is 0 Å². The molecule has 2 aromatic rings. The first-order valence-electron chi connectivity index (χ1n) is 7.67. The molecule has 3 heteroatoms. The topological polar surface area (TPSA) is 21.7 Å². The summed E-state index contributed by atoms with van der Waals surface area (Å²) in [7, 11) is 5.61. The molecule has 0 bridgehead atoms. The zero-order valence-corrected chi connectivity index (χ0v) is 13.5. The maximum Gasteiger partial charge on any atom is 0.118 e. The number of hydrogen-bond donors (Lipinski definition) is 0. The number of likely N-dealkylation sites (tertiary alicyclic amines) is 1. The Balaban J connectivity index is 1.87. The van der Waals surface area contributed by atoms with E-state index in [2.05, 4.69) is 60.5 Å². The van der Waals surface area contributed by atoms with Gasteiger partial charge in [0.25, 0.3) is 0 Å². The fourth-order valence-corrected chi connectivity index (χ4v) is 3.38. The Morgan fingerprint density at radius 1 is 0.727 bits per heavy atom. The minimum atomic E-state index is 0.518. The van der Waals surface area contributed by atoms with Crippen molar-refractivity contribution in [3.8, 4) is 11.5 Å². The summed E-state index contributed by atoms with van der Waals surface area (Å²) >= 11 is 0. The van der Waals surface area contributed by atoms with Gasteiger partial charge in [-0.2, -0.15) is 0 Å². The Morgan fingerprint density at radius 3 is 1.41 bits per heavy atom. The number of likely N-dealkylation sites (N-methyl/N-ethyl adjacent to an activating group) is 1. The minimum Gasteiger partial charge on any atom is -0.497 e. The molecule has 0 aliphatic carbocycles. The van der Waals surface area contributed by atoms with Crippen LogP contribution in [-0.4, -0.2) is 39.3 Å². The molecule has 0 aromatic heterocycles. The lowest BCUT2D eigenvalue weighted by Crippen LogP contribution is -2.13. The Labute approximate surface area is 132 Å². The molecule has 22 heavy (non-hydrogen) atoms. The van der Waals surface area contributed by atoms with Crippen LogP contribution in [0.15, 0.2) is 48.5 Å². The van der Waals surface area contributed by atoms with Gasteiger partial charge in [0.15, 0.2) is 0 Å². The summed E-state index contributed by atoms with van der Waals surface area (Å²) in [5, 5.41) is 0. The van der Waals surface area contributed by atoms with Crippen LogP contribution < -0.4 is 9.47 Å². The summed E-state index contributed by atoms with van der Waals surface area (Å²) in [6.07, 6.45) is 0. The van der Waals surface area contributed by atoms with Crippen molar-refractivity contribution in [3.63, 3.8) is 0 Å². The summed E-state index contributed by atoms with van der Waals surface area (Å²) in [5.41, 5.74) is 2.76. The zero-order valence-electron chi connectivity index (χ0n) is 13.5. The van der Waals surface area contributed by atoms with Crippen molar-refractivity contribution in [3.05, 3.63) is 59.7 Å². The summed E-state index contributed by atoms with van der Waals surface area (Å²) < 4.78 is 10.5. The Kier molecular flexibility index (Phi) is 4.34. The number of hydrogen-bond acceptors (Lipinski definition) is 3. The van der Waals surface area contributed by atoms with Crippen molar-refractivity contribution in [2.75, 3.05) is 34.4 Å². The lowest BCUT2D eigenvalue weighted by Gasteiger charge is -2.20. The van der Waals surface area contributed by atoms with Gasteiger partial charge in [-0.3, -0.25) is 0 Å². The molecule has 1 fully saturated rings. The lowest BCUT2D eigenvalue weighted by atomic mass is 9.84. The quantitative estimate of drug-likeness (QED) is 0.862. The van der Waals surface area contributed by atoms with Gasteiger partial charge in [-0.05, 0) is 42.4 Å². The van der Waals surface area contributed by atoms with Gasteiger partial charge >= 0.3 is 0 Å². The van der Waals surface area contributed by atoms with Crippen molar-refractivity contribution in [2.24, 2.45) is 0 Å². The predicted octanol–water partition coefficient (Wildman–Crippen LogP) is 3.52. The molecule has 3 rings (SSSR count). The van der Waals surface area contributed by atoms with Crippen LogP contribution in [0.4, 0.5) is 0 Å². The summed E-state index contributed by atoms with van der Waals surface area (Å²) in [6, 6.07) is 17.0. The van der Waals surface area contributed by atoms with E-state index in [1.807, 2.05) is 0 Å². The van der Waals surface area contributed by atoms with E-state index in [0.717, 1.165) is 24.6 Å². The van der Waals surface area contributed by atoms with E-state index in [-0.39, 0.29) is 0 Å². The van der Waals surface area contributed by atoms with Crippen LogP contribution in [0.1, 0.15) is 23.0 Å². The normalized spacial score (nSPS) is 21.8. The Morgan fingerprint density at radius 2 is 1.09 bits per heavy atom. The Bertz CT molecular complexity index is 551. The second kappa shape index (κ2) is 6.41. The van der Waals surface area contributed by atoms with E-state index in [4.69, 9.17) is 9.47 Å². The molecule has 0 radical (unpaired) electrons. The average Bonchev–Trinajstić information content (AvgIpc) is 2.97. The van der Waals surface area contributed by atoms with Gasteiger partial charge in [-0.25, -0.2) is 0 Å². The first-order chi connectivity index (χ1) is 10.7. The van der Waals surface area contributed by atoms with Crippen molar-refractivity contribution < 1.29 is 9.47 Å². The van der Waals surface area contributed by atoms with Crippen LogP contribution >= 0.6 is 0 Å². The molecule has 0 saturated carbocycles. The van der Waals surface area contributed by atoms with E-state index in [1.54, 1.807) is 14.2 Å². The van der Waals surface area contributed by atoms with Crippen LogP contribution in [0.25, 0.3) is 0 Å². The van der Waals surface area contributed by atoms with E-state index in [0.29, 0.717) is 11.8 Å². The molecule has 3 nitrogen and oxygen atoms in total. The first-order valence-corrected chi connectivity index (χ1v) is 7.67. The van der Waals surface area contributed by atoms with Crippen molar-refractivity contribution in [1.82, 2.24) is 4.90 Å². The largest absolute Gasteiger partial charge is 0.497 e. The van der Waals surface area contributed by atoms with Gasteiger partial charge in [-0.1, -0.05) is 24.3 Å². The highest BCUT2D eigenvalue weighted by atomic mass is 16.5. The van der Waals surface area contributed by atoms with Gasteiger partial charge in [0.05, 0.1) is 14.2 Å². The summed E-state index contributed by atoms with van der Waals surface area (Å²) in [4.78, 5) is 2.41. The molecular weight excluding hydrogens is 274 g/mol. The van der Waals surface area contributed by atoms with Crippen molar-refractivity contribution in [1.29, 1.82) is 0 Å². The van der Waals surface area contributed by atoms with Crippen LogP contribution in [0.3, 0.4) is 0 Å². The zero-order chi connectivity index (χ0) is 15.5. The molecule has 0 spiro atoms. The lowest BCUT2D eigenvalue weighted by molar-refractivity contribution is 0.407. The predicted molar refractivity (Wildman–Crippen MR) is 89.0 cm³/mol. The molecule has 1 aliphatic heterocycles. The van der Waals surface area contributed by atoms with Gasteiger partial charge in [0.2, 0.25) is 0 Å². The summed E-state index contributed by atoms with van der Waals surface area (Å²) in [5.74, 6) is 2.86. The number of nitrogens with zero attached hydrogens (tertiary/aromatic N) is 1. The monoisotopic (exact) mass is 297 g/mol. The fourth-order valence-electron chi connectivity index (χ4n) is 3.38. The van der Waals surface area contributed by atoms with Gasteiger partial charge in [-0.15, -0.1) is 0 Å². The molecule has 1 saturated heterocycles. The standard InChI is InChI=1S/C19H23NO2/c1-20-12-18(14-4-8-16(21-2)9-5-14)19(13-20)15-6-10-17(22-3)11-7-15/h4-11,18-19H,12-13H2,1-3H3/t18-,19-/m0/s1. The van der Waals surface area contributed by atoms with Crippen molar-refractivity contribution in [2.45, 2.75) is 11.8 Å². The molecule has 0 unspecified atom stereocenters. The second-order valence-electron chi connectivity index (χ2n) is 5.98. The van der Waals surface area contributed by atoms with Crippen LogP contribution in [-0.2, 0) is 0 Å². The summed E-state index contributed by atoms with van der Waals surface area (Å²) in [6.45, 7) is 2.17. The maximum atomic E-state index is 5.27. The van der Waals surface area contributed by atoms with E-state index in [9.17, 15) is 0 Å². The van der Waals surface area contributed by atoms with E-state index < -0.39 is 0 Å². The molecule has 0 amide bonds. The Hall–Kier alpha value is -2.00. The highest BCUT2D eigenvalue weighted by Crippen LogP contribution is 2.39. The molecule has 1 aliphatic rings. The number of methoxy groups -OCH3 is 2. The number of ether oxygens (including phenoxy) is 2. The van der Waals surface area contributed by atoms with Crippen LogP contribution in [0.2, 0.25) is 0 Å². The fraction of sp³-hybridized carbons (Fsp3) is 0.368. The van der Waals surface area contributed by atoms with E-state index >= 15 is 0 Å². The minimum absolute atomic E-state index is 0.518. The molecule has 2 atom stereocenters. The first kappa shape index (κ1) is 14.9. The molecular formula is C19H23NO2. The van der Waals surface area contributed by atoms with Gasteiger partial charge in [0.1, 0.15) is 11.5 Å². The third-order valence-corrected chi connectivity index (χ3v) is 4.59. The SMILES string of the molecule is COc1ccc([C@@H]2CN(C)C[C@H]2c2ccc(OC)cc2)cc1. The highest BCUT2D eigenvalue weighted by Gasteiger charge is 2.33. The molecule has 2 aromatic carbocycles. The number of rotatable bonds is 4. The van der Waals surface area contributed by atoms with Crippen molar-refractivity contribution >= 4 is 0 Å². The second-order valence-corrected chi connectivity index (χ2v) is 5.98. The molecule has 116 valence electrons. The maximum absolute atomic E-state index is 5.27. The molecule has 0 N–H and O–H groups in total. The van der Waals surface area contributed by atoms with Gasteiger partial charge < -0.3 is 14.4 Å². The van der Waals surface area contributed by atoms with E-state index in [1.165, 1.54) is 11.1 Å². The third-order valence-electron chi connectivity index (χ3n) is 4.59. The number of benzene rings is 2.